The summed E-state index contributed by atoms with van der Waals surface area (Å²) in [5.41, 5.74) is 0.855. The third-order valence-electron chi connectivity index (χ3n) is 4.28. The van der Waals surface area contributed by atoms with Crippen LogP contribution in [0.25, 0.3) is 0 Å². The first-order chi connectivity index (χ1) is 12.4. The van der Waals surface area contributed by atoms with E-state index < -0.39 is 37.3 Å². The van der Waals surface area contributed by atoms with Gasteiger partial charge in [-0.15, -0.1) is 0 Å². The van der Waals surface area contributed by atoms with Crippen molar-refractivity contribution in [1.29, 1.82) is 0 Å². The summed E-state index contributed by atoms with van der Waals surface area (Å²) in [6.07, 6.45) is -5.31. The molecule has 1 aliphatic rings. The van der Waals surface area contributed by atoms with Crippen molar-refractivity contribution in [3.05, 3.63) is 17.7 Å². The van der Waals surface area contributed by atoms with Gasteiger partial charge in [-0.3, -0.25) is 0 Å². The predicted octanol–water partition coefficient (Wildman–Crippen LogP) is -0.842. The SMILES string of the molecule is COc1cc(CCCO[C@@H]2O[C@H](CO)[C@@H](O)[C@H](O)[C@H]2O)cc(OC)c1O. The van der Waals surface area contributed by atoms with Gasteiger partial charge >= 0.3 is 0 Å². The number of hydrogen-bond donors (Lipinski definition) is 5. The standard InChI is InChI=1S/C17H26O9/c1-23-10-6-9(7-11(24-2)13(10)19)4-3-5-25-17-16(22)15(21)14(20)12(8-18)26-17/h6-7,12,14-22H,3-5,8H2,1-2H3/t12-,14-,15+,16-,17-/m1/s1. The molecule has 0 radical (unpaired) electrons. The number of ether oxygens (including phenoxy) is 4. The van der Waals surface area contributed by atoms with Crippen molar-refractivity contribution in [1.82, 2.24) is 0 Å². The molecule has 1 aromatic rings. The molecule has 1 fully saturated rings. The third-order valence-corrected chi connectivity index (χ3v) is 4.28. The van der Waals surface area contributed by atoms with Crippen LogP contribution in [0.2, 0.25) is 0 Å². The van der Waals surface area contributed by atoms with E-state index in [1.165, 1.54) is 14.2 Å². The highest BCUT2D eigenvalue weighted by molar-refractivity contribution is 5.52. The van der Waals surface area contributed by atoms with E-state index in [9.17, 15) is 20.4 Å². The zero-order valence-corrected chi connectivity index (χ0v) is 14.7. The summed E-state index contributed by atoms with van der Waals surface area (Å²) in [5.74, 6) is 0.528. The van der Waals surface area contributed by atoms with E-state index in [2.05, 4.69) is 0 Å². The molecular formula is C17H26O9. The minimum Gasteiger partial charge on any atom is -0.502 e. The summed E-state index contributed by atoms with van der Waals surface area (Å²) >= 11 is 0. The third kappa shape index (κ3) is 4.56. The molecule has 2 rings (SSSR count). The van der Waals surface area contributed by atoms with Gasteiger partial charge in [0.05, 0.1) is 27.4 Å². The quantitative estimate of drug-likeness (QED) is 0.369. The second-order valence-corrected chi connectivity index (χ2v) is 6.02. The number of rotatable bonds is 8. The van der Waals surface area contributed by atoms with Crippen molar-refractivity contribution in [2.75, 3.05) is 27.4 Å². The molecule has 5 N–H and O–H groups in total. The Balaban J connectivity index is 1.88. The fraction of sp³-hybridized carbons (Fsp3) is 0.647. The van der Waals surface area contributed by atoms with Crippen LogP contribution in [-0.2, 0) is 15.9 Å². The molecule has 0 bridgehead atoms. The molecule has 0 spiro atoms. The molecule has 1 aromatic carbocycles. The molecule has 0 unspecified atom stereocenters. The lowest BCUT2D eigenvalue weighted by Gasteiger charge is -2.39. The molecule has 1 aliphatic heterocycles. The number of aliphatic hydroxyl groups is 4. The van der Waals surface area contributed by atoms with Gasteiger partial charge in [-0.2, -0.15) is 0 Å². The van der Waals surface area contributed by atoms with Crippen molar-refractivity contribution in [2.45, 2.75) is 43.5 Å². The van der Waals surface area contributed by atoms with Crippen LogP contribution in [-0.4, -0.2) is 83.7 Å². The average Bonchev–Trinajstić information content (AvgIpc) is 2.65. The fourth-order valence-electron chi connectivity index (χ4n) is 2.77. The molecule has 0 saturated carbocycles. The van der Waals surface area contributed by atoms with Crippen molar-refractivity contribution in [2.24, 2.45) is 0 Å². The van der Waals surface area contributed by atoms with Gasteiger partial charge in [0.2, 0.25) is 5.75 Å². The Hall–Kier alpha value is -1.62. The Bertz CT molecular complexity index is 552. The Labute approximate surface area is 151 Å². The number of benzene rings is 1. The maximum Gasteiger partial charge on any atom is 0.200 e. The lowest BCUT2D eigenvalue weighted by atomic mass is 9.99. The van der Waals surface area contributed by atoms with Crippen molar-refractivity contribution < 1.29 is 44.5 Å². The zero-order chi connectivity index (χ0) is 19.3. The number of aromatic hydroxyl groups is 1. The largest absolute Gasteiger partial charge is 0.502 e. The molecule has 148 valence electrons. The number of hydrogen-bond acceptors (Lipinski definition) is 9. The summed E-state index contributed by atoms with van der Waals surface area (Å²) in [4.78, 5) is 0. The second-order valence-electron chi connectivity index (χ2n) is 6.02. The van der Waals surface area contributed by atoms with Gasteiger partial charge < -0.3 is 44.5 Å². The van der Waals surface area contributed by atoms with E-state index in [4.69, 9.17) is 24.1 Å². The van der Waals surface area contributed by atoms with Crippen molar-refractivity contribution >= 4 is 0 Å². The van der Waals surface area contributed by atoms with E-state index in [1.54, 1.807) is 12.1 Å². The summed E-state index contributed by atoms with van der Waals surface area (Å²) in [6.45, 7) is -0.300. The molecule has 26 heavy (non-hydrogen) atoms. The van der Waals surface area contributed by atoms with E-state index in [0.29, 0.717) is 24.3 Å². The Morgan fingerprint density at radius 3 is 2.15 bits per heavy atom. The molecule has 9 heteroatoms. The highest BCUT2D eigenvalue weighted by Gasteiger charge is 2.43. The highest BCUT2D eigenvalue weighted by Crippen LogP contribution is 2.37. The minimum atomic E-state index is -1.46. The van der Waals surface area contributed by atoms with Crippen LogP contribution >= 0.6 is 0 Å². The first-order valence-electron chi connectivity index (χ1n) is 8.28. The van der Waals surface area contributed by atoms with Crippen LogP contribution in [0, 0.1) is 0 Å². The number of aliphatic hydroxyl groups excluding tert-OH is 4. The average molecular weight is 374 g/mol. The predicted molar refractivity (Wildman–Crippen MR) is 89.3 cm³/mol. The summed E-state index contributed by atoms with van der Waals surface area (Å²) < 4.78 is 20.9. The molecule has 9 nitrogen and oxygen atoms in total. The smallest absolute Gasteiger partial charge is 0.200 e. The topological polar surface area (TPSA) is 138 Å². The molecular weight excluding hydrogens is 348 g/mol. The Morgan fingerprint density at radius 2 is 1.62 bits per heavy atom. The van der Waals surface area contributed by atoms with Crippen LogP contribution in [0.4, 0.5) is 0 Å². The van der Waals surface area contributed by atoms with Crippen LogP contribution in [0.3, 0.4) is 0 Å². The number of methoxy groups -OCH3 is 2. The van der Waals surface area contributed by atoms with Gasteiger partial charge in [-0.25, -0.2) is 0 Å². The zero-order valence-electron chi connectivity index (χ0n) is 14.7. The molecule has 1 heterocycles. The van der Waals surface area contributed by atoms with E-state index in [1.807, 2.05) is 0 Å². The van der Waals surface area contributed by atoms with Gasteiger partial charge in [-0.1, -0.05) is 0 Å². The number of phenols is 1. The van der Waals surface area contributed by atoms with Crippen molar-refractivity contribution in [3.8, 4) is 17.2 Å². The Morgan fingerprint density at radius 1 is 1.00 bits per heavy atom. The summed E-state index contributed by atoms with van der Waals surface area (Å²) in [6, 6.07) is 3.37. The lowest BCUT2D eigenvalue weighted by Crippen LogP contribution is -2.59. The van der Waals surface area contributed by atoms with E-state index >= 15 is 0 Å². The van der Waals surface area contributed by atoms with Crippen molar-refractivity contribution in [3.63, 3.8) is 0 Å². The van der Waals surface area contributed by atoms with Gasteiger partial charge in [-0.05, 0) is 30.5 Å². The lowest BCUT2D eigenvalue weighted by molar-refractivity contribution is -0.301. The number of aryl methyl sites for hydroxylation is 1. The van der Waals surface area contributed by atoms with E-state index in [-0.39, 0.29) is 12.4 Å². The molecule has 0 aliphatic carbocycles. The first-order valence-corrected chi connectivity index (χ1v) is 8.28. The van der Waals surface area contributed by atoms with Gasteiger partial charge in [0.15, 0.2) is 17.8 Å². The van der Waals surface area contributed by atoms with E-state index in [0.717, 1.165) is 5.56 Å². The minimum absolute atomic E-state index is 0.0729. The second kappa shape index (κ2) is 9.36. The van der Waals surface area contributed by atoms with Crippen LogP contribution in [0.1, 0.15) is 12.0 Å². The fourth-order valence-corrected chi connectivity index (χ4v) is 2.77. The van der Waals surface area contributed by atoms with Gasteiger partial charge in [0.25, 0.3) is 0 Å². The highest BCUT2D eigenvalue weighted by atomic mass is 16.7. The van der Waals surface area contributed by atoms with Gasteiger partial charge in [0, 0.05) is 0 Å². The first kappa shape index (κ1) is 20.7. The molecule has 0 amide bonds. The number of phenolic OH excluding ortho intramolecular Hbond substituents is 1. The summed E-state index contributed by atoms with van der Waals surface area (Å²) in [5, 5.41) is 48.4. The maximum absolute atomic E-state index is 9.90. The van der Waals surface area contributed by atoms with Crippen LogP contribution < -0.4 is 9.47 Å². The normalized spacial score (nSPS) is 28.8. The monoisotopic (exact) mass is 374 g/mol. The molecule has 1 saturated heterocycles. The van der Waals surface area contributed by atoms with Crippen LogP contribution in [0.15, 0.2) is 12.1 Å². The van der Waals surface area contributed by atoms with Crippen LogP contribution in [0.5, 0.6) is 17.2 Å². The maximum atomic E-state index is 9.90. The molecule has 5 atom stereocenters. The molecule has 0 aromatic heterocycles. The summed E-state index contributed by atoms with van der Waals surface area (Å²) in [7, 11) is 2.89. The Kier molecular flexibility index (Phi) is 7.44. The van der Waals surface area contributed by atoms with Gasteiger partial charge in [0.1, 0.15) is 24.4 Å².